The van der Waals surface area contributed by atoms with E-state index in [0.717, 1.165) is 5.69 Å². The van der Waals surface area contributed by atoms with Crippen molar-refractivity contribution < 1.29 is 8.42 Å². The van der Waals surface area contributed by atoms with Crippen molar-refractivity contribution in [3.05, 3.63) is 42.4 Å². The average Bonchev–Trinajstić information content (AvgIpc) is 2.89. The molecule has 96 valence electrons. The average molecular weight is 266 g/mol. The molecule has 6 nitrogen and oxygen atoms in total. The highest BCUT2D eigenvalue weighted by atomic mass is 32.2. The van der Waals surface area contributed by atoms with E-state index in [1.54, 1.807) is 19.3 Å². The molecule has 0 saturated carbocycles. The molecule has 0 aliphatic heterocycles. The van der Waals surface area contributed by atoms with Crippen molar-refractivity contribution in [2.75, 3.05) is 12.4 Å². The SMILES string of the molecule is CNc1ncccc1S(=O)(=O)NCc1ccc[nH]1. The fraction of sp³-hybridized carbons (Fsp3) is 0.182. The van der Waals surface area contributed by atoms with Crippen molar-refractivity contribution >= 4 is 15.8 Å². The zero-order chi connectivity index (χ0) is 13.0. The number of rotatable bonds is 5. The van der Waals surface area contributed by atoms with Crippen molar-refractivity contribution in [3.63, 3.8) is 0 Å². The third-order valence-electron chi connectivity index (χ3n) is 2.41. The molecule has 0 aromatic carbocycles. The summed E-state index contributed by atoms with van der Waals surface area (Å²) >= 11 is 0. The van der Waals surface area contributed by atoms with Gasteiger partial charge in [-0.3, -0.25) is 0 Å². The fourth-order valence-electron chi connectivity index (χ4n) is 1.52. The summed E-state index contributed by atoms with van der Waals surface area (Å²) in [4.78, 5) is 7.04. The molecule has 0 saturated heterocycles. The summed E-state index contributed by atoms with van der Waals surface area (Å²) in [6.45, 7) is 0.216. The van der Waals surface area contributed by atoms with Crippen LogP contribution in [-0.4, -0.2) is 25.4 Å². The van der Waals surface area contributed by atoms with Crippen molar-refractivity contribution in [2.24, 2.45) is 0 Å². The molecule has 2 rings (SSSR count). The van der Waals surface area contributed by atoms with Gasteiger partial charge in [-0.05, 0) is 24.3 Å². The van der Waals surface area contributed by atoms with Gasteiger partial charge >= 0.3 is 0 Å². The maximum atomic E-state index is 12.1. The quantitative estimate of drug-likeness (QED) is 0.751. The maximum absolute atomic E-state index is 12.1. The predicted molar refractivity (Wildman–Crippen MR) is 68.6 cm³/mol. The van der Waals surface area contributed by atoms with Crippen LogP contribution in [0.2, 0.25) is 0 Å². The molecule has 7 heteroatoms. The van der Waals surface area contributed by atoms with Gasteiger partial charge < -0.3 is 10.3 Å². The number of nitrogens with one attached hydrogen (secondary N) is 3. The number of hydrogen-bond acceptors (Lipinski definition) is 4. The second-order valence-electron chi connectivity index (χ2n) is 3.62. The molecule has 0 spiro atoms. The van der Waals surface area contributed by atoms with Crippen LogP contribution >= 0.6 is 0 Å². The largest absolute Gasteiger partial charge is 0.372 e. The van der Waals surface area contributed by atoms with Crippen molar-refractivity contribution in [2.45, 2.75) is 11.4 Å². The lowest BCUT2D eigenvalue weighted by Gasteiger charge is -2.09. The lowest BCUT2D eigenvalue weighted by molar-refractivity contribution is 0.580. The second kappa shape index (κ2) is 5.19. The maximum Gasteiger partial charge on any atom is 0.244 e. The van der Waals surface area contributed by atoms with Crippen LogP contribution in [0, 0.1) is 0 Å². The summed E-state index contributed by atoms with van der Waals surface area (Å²) in [5.74, 6) is 0.330. The molecule has 0 amide bonds. The smallest absolute Gasteiger partial charge is 0.244 e. The second-order valence-corrected chi connectivity index (χ2v) is 5.36. The first-order valence-corrected chi connectivity index (χ1v) is 6.86. The number of pyridine rings is 1. The van der Waals surface area contributed by atoms with Crippen LogP contribution in [0.5, 0.6) is 0 Å². The molecule has 0 aliphatic rings. The van der Waals surface area contributed by atoms with E-state index in [-0.39, 0.29) is 11.4 Å². The van der Waals surface area contributed by atoms with Gasteiger partial charge in [0.1, 0.15) is 10.7 Å². The van der Waals surface area contributed by atoms with Crippen LogP contribution < -0.4 is 10.0 Å². The van der Waals surface area contributed by atoms with Gasteiger partial charge in [0, 0.05) is 25.1 Å². The summed E-state index contributed by atoms with van der Waals surface area (Å²) in [7, 11) is -1.94. The molecule has 0 unspecified atom stereocenters. The Morgan fingerprint density at radius 3 is 2.83 bits per heavy atom. The normalized spacial score (nSPS) is 11.4. The van der Waals surface area contributed by atoms with Gasteiger partial charge in [-0.15, -0.1) is 0 Å². The Labute approximate surface area is 106 Å². The van der Waals surface area contributed by atoms with Gasteiger partial charge in [0.05, 0.1) is 6.54 Å². The van der Waals surface area contributed by atoms with E-state index in [1.165, 1.54) is 12.3 Å². The zero-order valence-corrected chi connectivity index (χ0v) is 10.7. The lowest BCUT2D eigenvalue weighted by Crippen LogP contribution is -2.24. The number of sulfonamides is 1. The van der Waals surface area contributed by atoms with Crippen molar-refractivity contribution in [1.82, 2.24) is 14.7 Å². The molecule has 0 aliphatic carbocycles. The Balaban J connectivity index is 2.20. The Morgan fingerprint density at radius 1 is 1.33 bits per heavy atom. The highest BCUT2D eigenvalue weighted by molar-refractivity contribution is 7.89. The first-order chi connectivity index (χ1) is 8.63. The molecule has 0 radical (unpaired) electrons. The minimum atomic E-state index is -3.57. The lowest BCUT2D eigenvalue weighted by atomic mass is 10.4. The Bertz CT molecular complexity index is 608. The number of aromatic nitrogens is 2. The van der Waals surface area contributed by atoms with E-state index in [0.29, 0.717) is 5.82 Å². The fourth-order valence-corrected chi connectivity index (χ4v) is 2.69. The molecule has 2 heterocycles. The van der Waals surface area contributed by atoms with Crippen LogP contribution in [-0.2, 0) is 16.6 Å². The van der Waals surface area contributed by atoms with Crippen molar-refractivity contribution in [1.29, 1.82) is 0 Å². The molecule has 3 N–H and O–H groups in total. The van der Waals surface area contributed by atoms with Crippen LogP contribution in [0.25, 0.3) is 0 Å². The Kier molecular flexibility index (Phi) is 3.63. The van der Waals surface area contributed by atoms with Gasteiger partial charge in [0.25, 0.3) is 0 Å². The van der Waals surface area contributed by atoms with Gasteiger partial charge in [0.15, 0.2) is 0 Å². The van der Waals surface area contributed by atoms with E-state index in [9.17, 15) is 8.42 Å². The summed E-state index contributed by atoms with van der Waals surface area (Å²) in [6.07, 6.45) is 3.28. The van der Waals surface area contributed by atoms with E-state index in [2.05, 4.69) is 20.0 Å². The number of hydrogen-bond donors (Lipinski definition) is 3. The van der Waals surface area contributed by atoms with Gasteiger partial charge in [-0.25, -0.2) is 18.1 Å². The van der Waals surface area contributed by atoms with Crippen LogP contribution in [0.3, 0.4) is 0 Å². The van der Waals surface area contributed by atoms with Crippen molar-refractivity contribution in [3.8, 4) is 0 Å². The summed E-state index contributed by atoms with van der Waals surface area (Å²) in [5.41, 5.74) is 0.800. The zero-order valence-electron chi connectivity index (χ0n) is 9.84. The standard InChI is InChI=1S/C11H14N4O2S/c1-12-11-10(5-3-7-14-11)18(16,17)15-8-9-4-2-6-13-9/h2-7,13,15H,8H2,1H3,(H,12,14). The molecule has 2 aromatic heterocycles. The molecule has 0 atom stereocenters. The third-order valence-corrected chi connectivity index (χ3v) is 3.84. The monoisotopic (exact) mass is 266 g/mol. The van der Waals surface area contributed by atoms with Crippen LogP contribution in [0.4, 0.5) is 5.82 Å². The first-order valence-electron chi connectivity index (χ1n) is 5.38. The van der Waals surface area contributed by atoms with Crippen LogP contribution in [0.1, 0.15) is 5.69 Å². The number of aromatic amines is 1. The number of H-pyrrole nitrogens is 1. The molecule has 0 bridgehead atoms. The first kappa shape index (κ1) is 12.6. The number of anilines is 1. The predicted octanol–water partition coefficient (Wildman–Crippen LogP) is 0.930. The molecular weight excluding hydrogens is 252 g/mol. The summed E-state index contributed by atoms with van der Waals surface area (Å²) < 4.78 is 26.7. The van der Waals surface area contributed by atoms with Gasteiger partial charge in [-0.1, -0.05) is 0 Å². The van der Waals surface area contributed by atoms with Crippen LogP contribution in [0.15, 0.2) is 41.6 Å². The molecule has 2 aromatic rings. The highest BCUT2D eigenvalue weighted by Crippen LogP contribution is 2.17. The Hall–Kier alpha value is -1.86. The molecular formula is C11H14N4O2S. The minimum absolute atomic E-state index is 0.138. The molecule has 18 heavy (non-hydrogen) atoms. The summed E-state index contributed by atoms with van der Waals surface area (Å²) in [6, 6.07) is 6.72. The van der Waals surface area contributed by atoms with E-state index in [1.807, 2.05) is 12.1 Å². The van der Waals surface area contributed by atoms with Gasteiger partial charge in [-0.2, -0.15) is 0 Å². The van der Waals surface area contributed by atoms with E-state index < -0.39 is 10.0 Å². The molecule has 0 fully saturated rings. The highest BCUT2D eigenvalue weighted by Gasteiger charge is 2.18. The minimum Gasteiger partial charge on any atom is -0.372 e. The topological polar surface area (TPSA) is 86.9 Å². The number of nitrogens with zero attached hydrogens (tertiary/aromatic N) is 1. The van der Waals surface area contributed by atoms with Gasteiger partial charge in [0.2, 0.25) is 10.0 Å². The summed E-state index contributed by atoms with van der Waals surface area (Å²) in [5, 5.41) is 2.76. The van der Waals surface area contributed by atoms with E-state index in [4.69, 9.17) is 0 Å². The Morgan fingerprint density at radius 2 is 2.17 bits per heavy atom. The van der Waals surface area contributed by atoms with E-state index >= 15 is 0 Å². The third kappa shape index (κ3) is 2.69.